The fourth-order valence-corrected chi connectivity index (χ4v) is 1.44. The Morgan fingerprint density at radius 2 is 1.78 bits per heavy atom. The van der Waals surface area contributed by atoms with Gasteiger partial charge in [0.1, 0.15) is 6.61 Å². The number of methoxy groups -OCH3 is 2. The number of aliphatic hydroxyl groups is 1. The molecule has 18 heavy (non-hydrogen) atoms. The van der Waals surface area contributed by atoms with Gasteiger partial charge in [-0.05, 0) is 37.1 Å². The van der Waals surface area contributed by atoms with E-state index in [1.165, 1.54) is 0 Å². The van der Waals surface area contributed by atoms with E-state index in [-0.39, 0.29) is 6.61 Å². The van der Waals surface area contributed by atoms with Crippen molar-refractivity contribution >= 4 is 0 Å². The molecular weight excluding hydrogens is 232 g/mol. The molecule has 0 heterocycles. The predicted octanol–water partition coefficient (Wildman–Crippen LogP) is 2.54. The predicted molar refractivity (Wildman–Crippen MR) is 70.4 cm³/mol. The van der Waals surface area contributed by atoms with Gasteiger partial charge in [-0.1, -0.05) is 6.08 Å². The van der Waals surface area contributed by atoms with E-state index in [0.29, 0.717) is 23.9 Å². The number of aliphatic hydroxyl groups excluding tert-OH is 1. The van der Waals surface area contributed by atoms with E-state index >= 15 is 0 Å². The summed E-state index contributed by atoms with van der Waals surface area (Å²) in [6.07, 6.45) is 1.99. The number of hydrogen-bond acceptors (Lipinski definition) is 4. The first-order valence-electron chi connectivity index (χ1n) is 5.76. The Kier molecular flexibility index (Phi) is 5.52. The first-order chi connectivity index (χ1) is 8.65. The number of ether oxygens (including phenoxy) is 3. The van der Waals surface area contributed by atoms with Gasteiger partial charge in [-0.2, -0.15) is 0 Å². The molecule has 0 amide bonds. The van der Waals surface area contributed by atoms with Gasteiger partial charge in [0.25, 0.3) is 0 Å². The SMILES string of the molecule is C/C=C(\C)COc1c(OC)cc(CO)cc1OC. The topological polar surface area (TPSA) is 47.9 Å². The maximum atomic E-state index is 9.16. The average molecular weight is 252 g/mol. The summed E-state index contributed by atoms with van der Waals surface area (Å²) < 4.78 is 16.2. The van der Waals surface area contributed by atoms with E-state index in [1.807, 2.05) is 19.9 Å². The maximum Gasteiger partial charge on any atom is 0.203 e. The van der Waals surface area contributed by atoms with E-state index in [1.54, 1.807) is 26.4 Å². The van der Waals surface area contributed by atoms with Crippen LogP contribution in [0.1, 0.15) is 19.4 Å². The summed E-state index contributed by atoms with van der Waals surface area (Å²) >= 11 is 0. The van der Waals surface area contributed by atoms with Crippen LogP contribution in [0, 0.1) is 0 Å². The van der Waals surface area contributed by atoms with Crippen LogP contribution >= 0.6 is 0 Å². The van der Waals surface area contributed by atoms with Crippen molar-refractivity contribution in [2.75, 3.05) is 20.8 Å². The van der Waals surface area contributed by atoms with Crippen LogP contribution in [0.4, 0.5) is 0 Å². The van der Waals surface area contributed by atoms with Gasteiger partial charge >= 0.3 is 0 Å². The molecule has 0 aliphatic carbocycles. The molecule has 0 atom stereocenters. The fourth-order valence-electron chi connectivity index (χ4n) is 1.44. The highest BCUT2D eigenvalue weighted by atomic mass is 16.5. The van der Waals surface area contributed by atoms with E-state index in [0.717, 1.165) is 11.1 Å². The van der Waals surface area contributed by atoms with Gasteiger partial charge in [0.15, 0.2) is 11.5 Å². The number of allylic oxidation sites excluding steroid dienone is 1. The summed E-state index contributed by atoms with van der Waals surface area (Å²) in [4.78, 5) is 0. The monoisotopic (exact) mass is 252 g/mol. The summed E-state index contributed by atoms with van der Waals surface area (Å²) in [5.41, 5.74) is 1.84. The Bertz CT molecular complexity index is 399. The minimum Gasteiger partial charge on any atom is -0.493 e. The van der Waals surface area contributed by atoms with Crippen molar-refractivity contribution in [3.8, 4) is 17.2 Å². The molecule has 1 N–H and O–H groups in total. The first-order valence-corrected chi connectivity index (χ1v) is 5.76. The molecule has 0 aromatic heterocycles. The normalized spacial score (nSPS) is 11.3. The fraction of sp³-hybridized carbons (Fsp3) is 0.429. The van der Waals surface area contributed by atoms with Gasteiger partial charge in [-0.3, -0.25) is 0 Å². The van der Waals surface area contributed by atoms with Crippen LogP contribution in [0.25, 0.3) is 0 Å². The standard InChI is InChI=1S/C14H20O4/c1-5-10(2)9-18-14-12(16-3)6-11(8-15)7-13(14)17-4/h5-7,15H,8-9H2,1-4H3/b10-5+. The van der Waals surface area contributed by atoms with Crippen molar-refractivity contribution in [2.24, 2.45) is 0 Å². The largest absolute Gasteiger partial charge is 0.493 e. The highest BCUT2D eigenvalue weighted by molar-refractivity contribution is 5.53. The number of hydrogen-bond donors (Lipinski definition) is 1. The zero-order valence-corrected chi connectivity index (χ0v) is 11.3. The molecule has 0 spiro atoms. The molecule has 4 heteroatoms. The summed E-state index contributed by atoms with van der Waals surface area (Å²) in [6, 6.07) is 3.48. The molecule has 0 fully saturated rings. The molecule has 0 aliphatic rings. The molecule has 1 rings (SSSR count). The van der Waals surface area contributed by atoms with Crippen molar-refractivity contribution in [3.05, 3.63) is 29.3 Å². The van der Waals surface area contributed by atoms with E-state index < -0.39 is 0 Å². The molecular formula is C14H20O4. The Labute approximate surface area is 108 Å². The smallest absolute Gasteiger partial charge is 0.203 e. The lowest BCUT2D eigenvalue weighted by atomic mass is 10.2. The third kappa shape index (κ3) is 3.40. The molecule has 4 nitrogen and oxygen atoms in total. The van der Waals surface area contributed by atoms with Crippen molar-refractivity contribution in [1.82, 2.24) is 0 Å². The lowest BCUT2D eigenvalue weighted by Gasteiger charge is -2.15. The van der Waals surface area contributed by atoms with Gasteiger partial charge in [0.05, 0.1) is 20.8 Å². The van der Waals surface area contributed by atoms with Crippen LogP contribution in [0.5, 0.6) is 17.2 Å². The average Bonchev–Trinajstić information content (AvgIpc) is 2.43. The quantitative estimate of drug-likeness (QED) is 0.790. The Hall–Kier alpha value is -1.68. The summed E-state index contributed by atoms with van der Waals surface area (Å²) in [7, 11) is 3.12. The molecule has 1 aromatic carbocycles. The molecule has 1 aromatic rings. The third-order valence-corrected chi connectivity index (χ3v) is 2.64. The molecule has 0 saturated heterocycles. The first kappa shape index (κ1) is 14.4. The molecule has 100 valence electrons. The lowest BCUT2D eigenvalue weighted by molar-refractivity contribution is 0.274. The Morgan fingerprint density at radius 1 is 1.22 bits per heavy atom. The molecule has 0 aliphatic heterocycles. The molecule has 0 saturated carbocycles. The van der Waals surface area contributed by atoms with Crippen LogP contribution in [-0.2, 0) is 6.61 Å². The zero-order valence-electron chi connectivity index (χ0n) is 11.3. The number of benzene rings is 1. The molecule has 0 bridgehead atoms. The van der Waals surface area contributed by atoms with Crippen LogP contribution < -0.4 is 14.2 Å². The Balaban J connectivity index is 3.06. The van der Waals surface area contributed by atoms with Gasteiger partial charge in [0, 0.05) is 0 Å². The van der Waals surface area contributed by atoms with Gasteiger partial charge in [-0.15, -0.1) is 0 Å². The second-order valence-corrected chi connectivity index (χ2v) is 3.91. The van der Waals surface area contributed by atoms with E-state index in [4.69, 9.17) is 19.3 Å². The van der Waals surface area contributed by atoms with Crippen LogP contribution in [0.15, 0.2) is 23.8 Å². The van der Waals surface area contributed by atoms with Crippen molar-refractivity contribution < 1.29 is 19.3 Å². The Morgan fingerprint density at radius 3 is 2.17 bits per heavy atom. The second-order valence-electron chi connectivity index (χ2n) is 3.91. The van der Waals surface area contributed by atoms with E-state index in [2.05, 4.69) is 0 Å². The summed E-state index contributed by atoms with van der Waals surface area (Å²) in [6.45, 7) is 4.35. The van der Waals surface area contributed by atoms with Gasteiger partial charge < -0.3 is 19.3 Å². The third-order valence-electron chi connectivity index (χ3n) is 2.64. The van der Waals surface area contributed by atoms with Crippen LogP contribution in [0.2, 0.25) is 0 Å². The summed E-state index contributed by atoms with van der Waals surface area (Å²) in [5.74, 6) is 1.67. The maximum absolute atomic E-state index is 9.16. The molecule has 0 unspecified atom stereocenters. The minimum atomic E-state index is -0.0686. The van der Waals surface area contributed by atoms with Crippen LogP contribution in [-0.4, -0.2) is 25.9 Å². The highest BCUT2D eigenvalue weighted by Crippen LogP contribution is 2.38. The molecule has 0 radical (unpaired) electrons. The van der Waals surface area contributed by atoms with E-state index in [9.17, 15) is 0 Å². The number of rotatable bonds is 6. The van der Waals surface area contributed by atoms with Crippen molar-refractivity contribution in [1.29, 1.82) is 0 Å². The zero-order chi connectivity index (χ0) is 13.5. The van der Waals surface area contributed by atoms with Gasteiger partial charge in [-0.25, -0.2) is 0 Å². The summed E-state index contributed by atoms with van der Waals surface area (Å²) in [5, 5.41) is 9.16. The minimum absolute atomic E-state index is 0.0686. The highest BCUT2D eigenvalue weighted by Gasteiger charge is 2.14. The van der Waals surface area contributed by atoms with Gasteiger partial charge in [0.2, 0.25) is 5.75 Å². The van der Waals surface area contributed by atoms with Crippen LogP contribution in [0.3, 0.4) is 0 Å². The van der Waals surface area contributed by atoms with Crippen molar-refractivity contribution in [3.63, 3.8) is 0 Å². The van der Waals surface area contributed by atoms with Crippen molar-refractivity contribution in [2.45, 2.75) is 20.5 Å². The lowest BCUT2D eigenvalue weighted by Crippen LogP contribution is -2.03. The second kappa shape index (κ2) is 6.91.